The molecule has 0 saturated carbocycles. The molecule has 1 aliphatic rings. The van der Waals surface area contributed by atoms with Crippen LogP contribution in [0, 0.1) is 0 Å². The highest BCUT2D eigenvalue weighted by Crippen LogP contribution is 2.39. The summed E-state index contributed by atoms with van der Waals surface area (Å²) in [5.74, 6) is 0.904. The summed E-state index contributed by atoms with van der Waals surface area (Å²) in [5.41, 5.74) is 15.0. The predicted octanol–water partition coefficient (Wildman–Crippen LogP) is 1.61. The van der Waals surface area contributed by atoms with Crippen molar-refractivity contribution in [2.75, 3.05) is 12.3 Å². The Labute approximate surface area is 84.0 Å². The van der Waals surface area contributed by atoms with E-state index >= 15 is 0 Å². The summed E-state index contributed by atoms with van der Waals surface area (Å²) in [7, 11) is 0. The van der Waals surface area contributed by atoms with Crippen molar-refractivity contribution in [3.05, 3.63) is 23.3 Å². The minimum atomic E-state index is 0.0926. The highest BCUT2D eigenvalue weighted by Gasteiger charge is 2.24. The predicted molar refractivity (Wildman–Crippen MR) is 57.3 cm³/mol. The van der Waals surface area contributed by atoms with Crippen LogP contribution in [0.25, 0.3) is 0 Å². The summed E-state index contributed by atoms with van der Waals surface area (Å²) in [6, 6.07) is 3.92. The second-order valence-corrected chi connectivity index (χ2v) is 3.62. The molecular formula is C11H16N2O. The number of ether oxygens (including phenoxy) is 1. The van der Waals surface area contributed by atoms with Crippen molar-refractivity contribution >= 4 is 5.69 Å². The third-order valence-electron chi connectivity index (χ3n) is 2.73. The van der Waals surface area contributed by atoms with Gasteiger partial charge in [-0.3, -0.25) is 0 Å². The van der Waals surface area contributed by atoms with E-state index < -0.39 is 0 Å². The Kier molecular flexibility index (Phi) is 2.33. The van der Waals surface area contributed by atoms with Gasteiger partial charge in [-0.25, -0.2) is 0 Å². The molecule has 1 atom stereocenters. The molecule has 0 fully saturated rings. The number of rotatable bonds is 2. The van der Waals surface area contributed by atoms with E-state index in [1.54, 1.807) is 0 Å². The van der Waals surface area contributed by atoms with E-state index in [0.717, 1.165) is 29.8 Å². The smallest absolute Gasteiger partial charge is 0.124 e. The van der Waals surface area contributed by atoms with Gasteiger partial charge in [0.25, 0.3) is 0 Å². The minimum Gasteiger partial charge on any atom is -0.494 e. The normalized spacial score (nSPS) is 19.4. The Morgan fingerprint density at radius 1 is 1.50 bits per heavy atom. The molecule has 0 unspecified atom stereocenters. The van der Waals surface area contributed by atoms with Gasteiger partial charge in [0.05, 0.1) is 6.61 Å². The van der Waals surface area contributed by atoms with Gasteiger partial charge in [0.15, 0.2) is 0 Å². The molecule has 0 saturated heterocycles. The zero-order chi connectivity index (χ0) is 10.1. The van der Waals surface area contributed by atoms with E-state index in [1.807, 2.05) is 19.1 Å². The maximum absolute atomic E-state index is 6.01. The Balaban J connectivity index is 2.49. The van der Waals surface area contributed by atoms with E-state index in [-0.39, 0.29) is 6.04 Å². The van der Waals surface area contributed by atoms with Crippen molar-refractivity contribution in [3.8, 4) is 5.75 Å². The van der Waals surface area contributed by atoms with Crippen molar-refractivity contribution < 1.29 is 4.74 Å². The zero-order valence-electron chi connectivity index (χ0n) is 8.42. The molecule has 1 aromatic rings. The Bertz CT molecular complexity index is 349. The zero-order valence-corrected chi connectivity index (χ0v) is 8.42. The summed E-state index contributed by atoms with van der Waals surface area (Å²) in [4.78, 5) is 0. The molecule has 0 amide bonds. The fourth-order valence-electron chi connectivity index (χ4n) is 2.07. The molecule has 76 valence electrons. The second-order valence-electron chi connectivity index (χ2n) is 3.62. The second kappa shape index (κ2) is 3.50. The number of nitrogen functional groups attached to an aromatic ring is 1. The molecule has 1 aliphatic carbocycles. The monoisotopic (exact) mass is 192 g/mol. The highest BCUT2D eigenvalue weighted by atomic mass is 16.5. The molecule has 3 nitrogen and oxygen atoms in total. The molecule has 0 bridgehead atoms. The number of hydrogen-bond acceptors (Lipinski definition) is 3. The first-order chi connectivity index (χ1) is 6.74. The summed E-state index contributed by atoms with van der Waals surface area (Å²) in [6.45, 7) is 2.65. The number of anilines is 1. The van der Waals surface area contributed by atoms with Crippen LogP contribution in [0.2, 0.25) is 0 Å². The molecule has 4 N–H and O–H groups in total. The molecule has 0 heterocycles. The van der Waals surface area contributed by atoms with E-state index in [9.17, 15) is 0 Å². The molecule has 0 aliphatic heterocycles. The summed E-state index contributed by atoms with van der Waals surface area (Å²) < 4.78 is 5.54. The van der Waals surface area contributed by atoms with Crippen LogP contribution in [0.1, 0.15) is 30.5 Å². The van der Waals surface area contributed by atoms with E-state index in [0.29, 0.717) is 6.61 Å². The largest absolute Gasteiger partial charge is 0.494 e. The van der Waals surface area contributed by atoms with Gasteiger partial charge in [-0.05, 0) is 37.5 Å². The molecule has 0 spiro atoms. The van der Waals surface area contributed by atoms with E-state index in [2.05, 4.69) is 0 Å². The van der Waals surface area contributed by atoms with Gasteiger partial charge < -0.3 is 16.2 Å². The van der Waals surface area contributed by atoms with Gasteiger partial charge in [0.2, 0.25) is 0 Å². The quantitative estimate of drug-likeness (QED) is 0.700. The van der Waals surface area contributed by atoms with Crippen molar-refractivity contribution in [2.45, 2.75) is 25.8 Å². The average molecular weight is 192 g/mol. The average Bonchev–Trinajstić information content (AvgIpc) is 2.55. The molecule has 14 heavy (non-hydrogen) atoms. The lowest BCUT2D eigenvalue weighted by molar-refractivity contribution is 0.335. The van der Waals surface area contributed by atoms with Crippen molar-refractivity contribution in [1.82, 2.24) is 0 Å². The molecular weight excluding hydrogens is 176 g/mol. The minimum absolute atomic E-state index is 0.0926. The fraction of sp³-hybridized carbons (Fsp3) is 0.455. The van der Waals surface area contributed by atoms with Crippen molar-refractivity contribution in [1.29, 1.82) is 0 Å². The first kappa shape index (κ1) is 9.34. The van der Waals surface area contributed by atoms with Crippen LogP contribution in [0.5, 0.6) is 5.75 Å². The first-order valence-corrected chi connectivity index (χ1v) is 5.03. The SMILES string of the molecule is CCOc1ccc(N)c2c1[C@H](N)CC2. The van der Waals surface area contributed by atoms with Crippen molar-refractivity contribution in [2.24, 2.45) is 5.73 Å². The molecule has 0 aromatic heterocycles. The molecule has 2 rings (SSSR count). The topological polar surface area (TPSA) is 61.3 Å². The summed E-state index contributed by atoms with van der Waals surface area (Å²) in [6.07, 6.45) is 1.95. The van der Waals surface area contributed by atoms with Gasteiger partial charge in [-0.1, -0.05) is 0 Å². The maximum Gasteiger partial charge on any atom is 0.124 e. The fourth-order valence-corrected chi connectivity index (χ4v) is 2.07. The Hall–Kier alpha value is -1.22. The van der Waals surface area contributed by atoms with Gasteiger partial charge in [-0.2, -0.15) is 0 Å². The lowest BCUT2D eigenvalue weighted by atomic mass is 10.1. The number of fused-ring (bicyclic) bond motifs is 1. The van der Waals surface area contributed by atoms with Crippen LogP contribution < -0.4 is 16.2 Å². The van der Waals surface area contributed by atoms with Crippen LogP contribution in [-0.4, -0.2) is 6.61 Å². The van der Waals surface area contributed by atoms with Crippen LogP contribution >= 0.6 is 0 Å². The van der Waals surface area contributed by atoms with Gasteiger partial charge >= 0.3 is 0 Å². The highest BCUT2D eigenvalue weighted by molar-refractivity contribution is 5.59. The lowest BCUT2D eigenvalue weighted by Gasteiger charge is -2.13. The molecule has 1 aromatic carbocycles. The number of benzene rings is 1. The Morgan fingerprint density at radius 2 is 2.29 bits per heavy atom. The third-order valence-corrected chi connectivity index (χ3v) is 2.73. The van der Waals surface area contributed by atoms with E-state index in [4.69, 9.17) is 16.2 Å². The van der Waals surface area contributed by atoms with Gasteiger partial charge in [-0.15, -0.1) is 0 Å². The van der Waals surface area contributed by atoms with Crippen LogP contribution in [0.4, 0.5) is 5.69 Å². The molecule has 3 heteroatoms. The third kappa shape index (κ3) is 1.34. The first-order valence-electron chi connectivity index (χ1n) is 5.03. The summed E-state index contributed by atoms with van der Waals surface area (Å²) >= 11 is 0. The Morgan fingerprint density at radius 3 is 3.00 bits per heavy atom. The standard InChI is InChI=1S/C11H16N2O/c1-2-14-10-6-5-8(12)7-3-4-9(13)11(7)10/h5-6,9H,2-4,12-13H2,1H3/t9-/m1/s1. The van der Waals surface area contributed by atoms with Gasteiger partial charge in [0, 0.05) is 17.3 Å². The number of nitrogens with two attached hydrogens (primary N) is 2. The lowest BCUT2D eigenvalue weighted by Crippen LogP contribution is -2.08. The summed E-state index contributed by atoms with van der Waals surface area (Å²) in [5, 5.41) is 0. The van der Waals surface area contributed by atoms with Crippen molar-refractivity contribution in [3.63, 3.8) is 0 Å². The maximum atomic E-state index is 6.01. The van der Waals surface area contributed by atoms with Gasteiger partial charge in [0.1, 0.15) is 5.75 Å². The molecule has 0 radical (unpaired) electrons. The van der Waals surface area contributed by atoms with E-state index in [1.165, 1.54) is 5.56 Å². The van der Waals surface area contributed by atoms with Crippen LogP contribution in [0.15, 0.2) is 12.1 Å². The van der Waals surface area contributed by atoms with Crippen LogP contribution in [-0.2, 0) is 6.42 Å². The number of hydrogen-bond donors (Lipinski definition) is 2. The van der Waals surface area contributed by atoms with Crippen LogP contribution in [0.3, 0.4) is 0 Å².